The number of nitriles is 1. The third kappa shape index (κ3) is 8.08. The van der Waals surface area contributed by atoms with Crippen LogP contribution in [0.15, 0.2) is 66.9 Å². The Hall–Kier alpha value is -4.24. The van der Waals surface area contributed by atoms with Crippen LogP contribution in [0.25, 0.3) is 0 Å². The highest BCUT2D eigenvalue weighted by atomic mass is 32.2. The van der Waals surface area contributed by atoms with Gasteiger partial charge in [0, 0.05) is 61.7 Å². The second-order valence-electron chi connectivity index (χ2n) is 11.7. The fourth-order valence-corrected chi connectivity index (χ4v) is 6.26. The predicted octanol–water partition coefficient (Wildman–Crippen LogP) is 4.02. The number of likely N-dealkylation sites (tertiary alicyclic amines) is 2. The lowest BCUT2D eigenvalue weighted by Crippen LogP contribution is -2.44. The van der Waals surface area contributed by atoms with Crippen LogP contribution in [0, 0.1) is 17.2 Å². The number of hydrogen-bond acceptors (Lipinski definition) is 8. The molecular weight excluding hydrogens is 590 g/mol. The molecule has 0 saturated carbocycles. The van der Waals surface area contributed by atoms with Gasteiger partial charge in [-0.3, -0.25) is 28.5 Å². The molecule has 1 aromatic heterocycles. The van der Waals surface area contributed by atoms with Crippen LogP contribution in [0.4, 0.5) is 0 Å². The molecule has 2 atom stereocenters. The van der Waals surface area contributed by atoms with E-state index >= 15 is 0 Å². The Labute approximate surface area is 265 Å². The quantitative estimate of drug-likeness (QED) is 0.277. The van der Waals surface area contributed by atoms with Gasteiger partial charge in [-0.25, -0.2) is 0 Å². The largest absolute Gasteiger partial charge is 0.772 e. The number of benzene rings is 2. The van der Waals surface area contributed by atoms with E-state index in [0.717, 1.165) is 38.0 Å². The molecule has 2 aromatic carbocycles. The van der Waals surface area contributed by atoms with Crippen LogP contribution in [0.3, 0.4) is 0 Å². The zero-order chi connectivity index (χ0) is 31.9. The van der Waals surface area contributed by atoms with Crippen LogP contribution in [-0.2, 0) is 17.6 Å². The van der Waals surface area contributed by atoms with Crippen molar-refractivity contribution in [3.63, 3.8) is 0 Å². The summed E-state index contributed by atoms with van der Waals surface area (Å²) < 4.78 is 22.4. The molecule has 234 valence electrons. The second kappa shape index (κ2) is 14.7. The third-order valence-electron chi connectivity index (χ3n) is 8.76. The number of ketones is 1. The Morgan fingerprint density at radius 2 is 1.60 bits per heavy atom. The first-order chi connectivity index (χ1) is 21.7. The molecule has 11 heteroatoms. The number of piperidine rings is 2. The van der Waals surface area contributed by atoms with Crippen LogP contribution >= 0.6 is 0 Å². The fraction of sp³-hybridized carbons (Fsp3) is 0.382. The Bertz CT molecular complexity index is 1570. The van der Waals surface area contributed by atoms with Gasteiger partial charge in [-0.05, 0) is 79.1 Å². The van der Waals surface area contributed by atoms with Gasteiger partial charge < -0.3 is 14.8 Å². The Morgan fingerprint density at radius 1 is 0.956 bits per heavy atom. The number of aromatic nitrogens is 1. The van der Waals surface area contributed by atoms with E-state index in [9.17, 15) is 23.1 Å². The van der Waals surface area contributed by atoms with Crippen LogP contribution < -0.4 is 5.32 Å². The Balaban J connectivity index is 1.06. The first kappa shape index (κ1) is 32.2. The van der Waals surface area contributed by atoms with Gasteiger partial charge in [-0.1, -0.05) is 36.4 Å². The van der Waals surface area contributed by atoms with Gasteiger partial charge >= 0.3 is 0 Å². The minimum Gasteiger partial charge on any atom is -0.772 e. The van der Waals surface area contributed by atoms with Crippen LogP contribution in [-0.4, -0.2) is 73.4 Å². The number of carbonyl (C=O) groups excluding carboxylic acids is 3. The van der Waals surface area contributed by atoms with Crippen molar-refractivity contribution in [2.24, 2.45) is 5.92 Å². The molecule has 0 bridgehead atoms. The second-order valence-corrected chi connectivity index (χ2v) is 12.9. The van der Waals surface area contributed by atoms with Gasteiger partial charge in [0.1, 0.15) is 5.69 Å². The van der Waals surface area contributed by atoms with Crippen molar-refractivity contribution in [2.45, 2.75) is 50.4 Å². The maximum Gasteiger partial charge on any atom is 0.270 e. The maximum absolute atomic E-state index is 13.1. The molecule has 0 aliphatic carbocycles. The summed E-state index contributed by atoms with van der Waals surface area (Å²) in [5.74, 6) is -0.654. The smallest absolute Gasteiger partial charge is 0.270 e. The molecule has 2 saturated heterocycles. The number of rotatable bonds is 9. The van der Waals surface area contributed by atoms with Crippen molar-refractivity contribution in [1.82, 2.24) is 20.1 Å². The van der Waals surface area contributed by atoms with Gasteiger partial charge in [0.15, 0.2) is 5.78 Å². The summed E-state index contributed by atoms with van der Waals surface area (Å²) in [5.41, 5.74) is 3.64. The third-order valence-corrected chi connectivity index (χ3v) is 9.61. The lowest BCUT2D eigenvalue weighted by atomic mass is 9.88. The van der Waals surface area contributed by atoms with E-state index in [4.69, 9.17) is 5.26 Å². The number of pyridine rings is 1. The summed E-state index contributed by atoms with van der Waals surface area (Å²) in [5, 5.41) is 11.4. The van der Waals surface area contributed by atoms with Gasteiger partial charge in [0.05, 0.1) is 17.2 Å². The molecule has 2 aliphatic rings. The Kier molecular flexibility index (Phi) is 10.5. The van der Waals surface area contributed by atoms with Crippen molar-refractivity contribution in [2.75, 3.05) is 26.2 Å². The van der Waals surface area contributed by atoms with E-state index < -0.39 is 16.3 Å². The van der Waals surface area contributed by atoms with E-state index in [0.29, 0.717) is 48.2 Å². The summed E-state index contributed by atoms with van der Waals surface area (Å²) in [4.78, 5) is 47.3. The molecule has 3 heterocycles. The molecule has 0 radical (unpaired) electrons. The lowest BCUT2D eigenvalue weighted by molar-refractivity contribution is 0.0649. The van der Waals surface area contributed by atoms with Gasteiger partial charge in [-0.2, -0.15) is 5.26 Å². The number of hydrogen-bond donors (Lipinski definition) is 1. The van der Waals surface area contributed by atoms with Crippen molar-refractivity contribution in [3.05, 3.63) is 100 Å². The average Bonchev–Trinajstić information content (AvgIpc) is 3.08. The van der Waals surface area contributed by atoms with Crippen molar-refractivity contribution in [3.8, 4) is 6.07 Å². The minimum absolute atomic E-state index is 0.00133. The van der Waals surface area contributed by atoms with Crippen molar-refractivity contribution >= 4 is 28.7 Å². The summed E-state index contributed by atoms with van der Waals surface area (Å²) in [7, 11) is 0. The highest BCUT2D eigenvalue weighted by Gasteiger charge is 2.29. The summed E-state index contributed by atoms with van der Waals surface area (Å²) in [6.07, 6.45) is 4.16. The molecule has 2 unspecified atom stereocenters. The molecule has 5 rings (SSSR count). The first-order valence-electron chi connectivity index (χ1n) is 15.2. The zero-order valence-corrected chi connectivity index (χ0v) is 26.0. The standard InChI is InChI=1S/C34H37N5O5S/c1-23(45(43)44)26-6-8-27(9-7-26)32(40)28-12-18-39(19-13-28)34(42)29-10-11-31(36-21-29)33(41)37-30-14-16-38(17-15-30)22-25-4-2-24(20-35)3-5-25/h2-11,21,23,28,30H,12-19,22H2,1H3,(H,37,41)(H,43,44)/p-1. The SMILES string of the molecule is CC(c1ccc(C(=O)C2CCN(C(=O)c3ccc(C(=O)NC4CCN(Cc5ccc(C#N)cc5)CC4)nc3)CC2)cc1)S(=O)[O-]. The molecule has 2 amide bonds. The van der Waals surface area contributed by atoms with Crippen molar-refractivity contribution < 1.29 is 23.1 Å². The molecule has 2 aliphatic heterocycles. The normalized spacial score (nSPS) is 17.7. The van der Waals surface area contributed by atoms with E-state index in [2.05, 4.69) is 21.3 Å². The number of nitrogens with one attached hydrogen (secondary N) is 1. The topological polar surface area (TPSA) is 147 Å². The zero-order valence-electron chi connectivity index (χ0n) is 25.2. The summed E-state index contributed by atoms with van der Waals surface area (Å²) in [6, 6.07) is 19.7. The summed E-state index contributed by atoms with van der Waals surface area (Å²) >= 11 is -2.22. The summed E-state index contributed by atoms with van der Waals surface area (Å²) in [6.45, 7) is 4.98. The van der Waals surface area contributed by atoms with Gasteiger partial charge in [0.2, 0.25) is 0 Å². The Morgan fingerprint density at radius 3 is 2.18 bits per heavy atom. The number of carbonyl (C=O) groups is 3. The minimum atomic E-state index is -2.22. The first-order valence-corrected chi connectivity index (χ1v) is 16.4. The number of amides is 2. The maximum atomic E-state index is 13.1. The van der Waals surface area contributed by atoms with Crippen LogP contribution in [0.1, 0.15) is 85.8 Å². The molecule has 45 heavy (non-hydrogen) atoms. The van der Waals surface area contributed by atoms with Crippen LogP contribution in [0.5, 0.6) is 0 Å². The van der Waals surface area contributed by atoms with Gasteiger partial charge in [0.25, 0.3) is 11.8 Å². The van der Waals surface area contributed by atoms with E-state index in [1.165, 1.54) is 6.20 Å². The van der Waals surface area contributed by atoms with E-state index in [-0.39, 0.29) is 35.3 Å². The highest BCUT2D eigenvalue weighted by molar-refractivity contribution is 7.79. The molecule has 0 spiro atoms. The van der Waals surface area contributed by atoms with Crippen molar-refractivity contribution in [1.29, 1.82) is 5.26 Å². The van der Waals surface area contributed by atoms with Crippen LogP contribution in [0.2, 0.25) is 0 Å². The average molecular weight is 627 g/mol. The predicted molar refractivity (Wildman–Crippen MR) is 168 cm³/mol. The van der Waals surface area contributed by atoms with E-state index in [1.54, 1.807) is 48.2 Å². The van der Waals surface area contributed by atoms with Gasteiger partial charge in [-0.15, -0.1) is 0 Å². The molecule has 1 N–H and O–H groups in total. The number of Topliss-reactive ketones (excluding diaryl/α,β-unsaturated/α-hetero) is 1. The molecular formula is C34H36N5O5S-. The lowest BCUT2D eigenvalue weighted by Gasteiger charge is -2.32. The highest BCUT2D eigenvalue weighted by Crippen LogP contribution is 2.25. The van der Waals surface area contributed by atoms with E-state index in [1.807, 2.05) is 24.3 Å². The molecule has 2 fully saturated rings. The fourth-order valence-electron chi connectivity index (χ4n) is 5.88. The number of nitrogens with zero attached hydrogens (tertiary/aromatic N) is 4. The monoisotopic (exact) mass is 626 g/mol. The molecule has 3 aromatic rings. The molecule has 10 nitrogen and oxygen atoms in total.